The van der Waals surface area contributed by atoms with Crippen molar-refractivity contribution in [2.45, 2.75) is 81.7 Å². The molecule has 7 aliphatic rings. The summed E-state index contributed by atoms with van der Waals surface area (Å²) in [5, 5.41) is 3.53. The number of hydrogen-bond acceptors (Lipinski definition) is 4. The highest BCUT2D eigenvalue weighted by Gasteiger charge is 2.56. The number of likely N-dealkylation sites (tertiary alicyclic amines) is 2. The number of nitrogens with one attached hydrogen (secondary N) is 1. The summed E-state index contributed by atoms with van der Waals surface area (Å²) in [6.45, 7) is 3.26. The van der Waals surface area contributed by atoms with Crippen LogP contribution in [-0.2, 0) is 9.59 Å². The third-order valence-corrected chi connectivity index (χ3v) is 10.9. The van der Waals surface area contributed by atoms with Crippen molar-refractivity contribution in [2.24, 2.45) is 17.8 Å². The second-order valence-corrected chi connectivity index (χ2v) is 13.5. The maximum absolute atomic E-state index is 14.1. The minimum absolute atomic E-state index is 0.00810. The van der Waals surface area contributed by atoms with Gasteiger partial charge in [0.25, 0.3) is 5.91 Å². The fraction of sp³-hybridized carbons (Fsp3) is 0.710. The van der Waals surface area contributed by atoms with Gasteiger partial charge in [0.05, 0.1) is 6.67 Å². The Morgan fingerprint density at radius 2 is 1.44 bits per heavy atom. The molecule has 0 radical (unpaired) electrons. The summed E-state index contributed by atoms with van der Waals surface area (Å²) in [5.41, 5.74) is 0.289. The fourth-order valence-corrected chi connectivity index (χ4v) is 9.38. The minimum Gasteiger partial charge on any atom is -0.341 e. The Balaban J connectivity index is 1.05. The Hall–Kier alpha value is -2.77. The number of hydrogen-bond donors (Lipinski definition) is 1. The van der Waals surface area contributed by atoms with Crippen LogP contribution in [0.5, 0.6) is 0 Å². The van der Waals surface area contributed by atoms with Crippen molar-refractivity contribution in [1.82, 2.24) is 20.0 Å². The summed E-state index contributed by atoms with van der Waals surface area (Å²) < 4.78 is 0. The van der Waals surface area contributed by atoms with Gasteiger partial charge in [0.15, 0.2) is 0 Å². The first-order valence-corrected chi connectivity index (χ1v) is 15.4. The third-order valence-electron chi connectivity index (χ3n) is 10.9. The monoisotopic (exact) mass is 533 g/mol. The molecule has 4 bridgehead atoms. The molecule has 210 valence electrons. The molecule has 8 rings (SSSR count). The maximum Gasteiger partial charge on any atom is 0.317 e. The number of amides is 4. The minimum atomic E-state index is -0.707. The van der Waals surface area contributed by atoms with Crippen LogP contribution >= 0.6 is 0 Å². The molecule has 7 fully saturated rings. The number of piperidine rings is 2. The molecular weight excluding hydrogens is 490 g/mol. The van der Waals surface area contributed by atoms with E-state index in [1.54, 1.807) is 4.90 Å². The van der Waals surface area contributed by atoms with Crippen molar-refractivity contribution in [3.8, 4) is 0 Å². The van der Waals surface area contributed by atoms with E-state index in [4.69, 9.17) is 0 Å². The first-order chi connectivity index (χ1) is 18.9. The molecule has 1 N–H and O–H groups in total. The van der Waals surface area contributed by atoms with Gasteiger partial charge in [-0.15, -0.1) is 0 Å². The summed E-state index contributed by atoms with van der Waals surface area (Å²) in [7, 11) is 0. The summed E-state index contributed by atoms with van der Waals surface area (Å²) in [6.07, 6.45) is 11.9. The third kappa shape index (κ3) is 4.48. The summed E-state index contributed by atoms with van der Waals surface area (Å²) in [5.74, 6) is 2.46. The zero-order chi connectivity index (χ0) is 26.6. The quantitative estimate of drug-likeness (QED) is 0.639. The van der Waals surface area contributed by atoms with Gasteiger partial charge in [0.1, 0.15) is 12.1 Å². The second-order valence-electron chi connectivity index (χ2n) is 13.5. The Morgan fingerprint density at radius 3 is 2.05 bits per heavy atom. The van der Waals surface area contributed by atoms with Crippen LogP contribution in [0.2, 0.25) is 0 Å². The van der Waals surface area contributed by atoms with Crippen molar-refractivity contribution < 1.29 is 14.4 Å². The van der Waals surface area contributed by atoms with Crippen LogP contribution < -0.4 is 10.2 Å². The van der Waals surface area contributed by atoms with Crippen LogP contribution in [0.15, 0.2) is 30.3 Å². The van der Waals surface area contributed by atoms with E-state index in [1.807, 2.05) is 28.0 Å². The summed E-state index contributed by atoms with van der Waals surface area (Å²) >= 11 is 0. The zero-order valence-corrected chi connectivity index (χ0v) is 23.2. The summed E-state index contributed by atoms with van der Waals surface area (Å²) in [4.78, 5) is 48.6. The first kappa shape index (κ1) is 25.2. The van der Waals surface area contributed by atoms with Gasteiger partial charge in [0, 0.05) is 37.4 Å². The molecule has 0 atom stereocenters. The van der Waals surface area contributed by atoms with Crippen molar-refractivity contribution in [3.63, 3.8) is 0 Å². The molecule has 3 saturated heterocycles. The predicted octanol–water partition coefficient (Wildman–Crippen LogP) is 3.82. The zero-order valence-electron chi connectivity index (χ0n) is 23.2. The van der Waals surface area contributed by atoms with Crippen molar-refractivity contribution >= 4 is 23.5 Å². The van der Waals surface area contributed by atoms with E-state index in [9.17, 15) is 14.4 Å². The van der Waals surface area contributed by atoms with Gasteiger partial charge in [-0.05, 0) is 101 Å². The summed E-state index contributed by atoms with van der Waals surface area (Å²) in [6, 6.07) is 10.2. The van der Waals surface area contributed by atoms with Gasteiger partial charge >= 0.3 is 6.03 Å². The topological polar surface area (TPSA) is 76.2 Å². The van der Waals surface area contributed by atoms with Gasteiger partial charge in [-0.1, -0.05) is 18.2 Å². The Kier molecular flexibility index (Phi) is 6.27. The van der Waals surface area contributed by atoms with E-state index in [-0.39, 0.29) is 29.9 Å². The van der Waals surface area contributed by atoms with E-state index < -0.39 is 5.54 Å². The highest BCUT2D eigenvalue weighted by atomic mass is 16.2. The Labute approximate surface area is 232 Å². The molecule has 0 aromatic heterocycles. The molecule has 8 heteroatoms. The lowest BCUT2D eigenvalue weighted by Gasteiger charge is -2.57. The maximum atomic E-state index is 14.1. The molecular formula is C31H43N5O3. The number of carbonyl (C=O) groups is 3. The molecule has 1 aromatic rings. The van der Waals surface area contributed by atoms with Gasteiger partial charge in [0.2, 0.25) is 5.91 Å². The largest absolute Gasteiger partial charge is 0.341 e. The molecule has 1 spiro atoms. The molecule has 3 heterocycles. The van der Waals surface area contributed by atoms with E-state index in [2.05, 4.69) is 22.3 Å². The molecule has 0 unspecified atom stereocenters. The van der Waals surface area contributed by atoms with Gasteiger partial charge < -0.3 is 24.9 Å². The predicted molar refractivity (Wildman–Crippen MR) is 149 cm³/mol. The molecule has 39 heavy (non-hydrogen) atoms. The van der Waals surface area contributed by atoms with Crippen molar-refractivity contribution in [1.29, 1.82) is 0 Å². The number of anilines is 1. The van der Waals surface area contributed by atoms with Crippen LogP contribution in [0.25, 0.3) is 0 Å². The van der Waals surface area contributed by atoms with Crippen LogP contribution in [0.1, 0.15) is 70.6 Å². The molecule has 4 amide bonds. The number of urea groups is 1. The number of benzene rings is 1. The second kappa shape index (κ2) is 9.70. The van der Waals surface area contributed by atoms with Crippen molar-refractivity contribution in [3.05, 3.63) is 30.3 Å². The SMILES string of the molecule is O=C(CN1CN(c2ccccc2)C2(CCN(C(=O)NC34CC5CC(CC(C5)C3)C4)CC2)C1=O)N1CCCCC1. The van der Waals surface area contributed by atoms with Crippen LogP contribution in [-0.4, -0.2) is 83.0 Å². The lowest BCUT2D eigenvalue weighted by atomic mass is 9.53. The highest BCUT2D eigenvalue weighted by Crippen LogP contribution is 2.55. The first-order valence-electron chi connectivity index (χ1n) is 15.4. The molecule has 4 aliphatic carbocycles. The van der Waals surface area contributed by atoms with Gasteiger partial charge in [-0.3, -0.25) is 9.59 Å². The lowest BCUT2D eigenvalue weighted by Crippen LogP contribution is -2.64. The van der Waals surface area contributed by atoms with Gasteiger partial charge in [-0.2, -0.15) is 0 Å². The normalized spacial score (nSPS) is 33.2. The average molecular weight is 534 g/mol. The van der Waals surface area contributed by atoms with Gasteiger partial charge in [-0.25, -0.2) is 4.79 Å². The highest BCUT2D eigenvalue weighted by molar-refractivity contribution is 5.96. The number of carbonyl (C=O) groups excluding carboxylic acids is 3. The number of nitrogens with zero attached hydrogens (tertiary/aromatic N) is 4. The van der Waals surface area contributed by atoms with Crippen LogP contribution in [0.4, 0.5) is 10.5 Å². The molecule has 4 saturated carbocycles. The Bertz CT molecular complexity index is 1070. The standard InChI is InChI=1S/C31H43N5O3/c37-27(33-11-5-2-6-12-33)21-35-22-36(26-7-3-1-4-8-26)31(28(35)38)9-13-34(14-10-31)29(39)32-30-18-23-15-24(19-30)17-25(16-23)20-30/h1,3-4,7-8,23-25H,2,5-6,9-22H2,(H,32,39). The lowest BCUT2D eigenvalue weighted by molar-refractivity contribution is -0.141. The number of rotatable bonds is 4. The Morgan fingerprint density at radius 1 is 0.821 bits per heavy atom. The van der Waals surface area contributed by atoms with Crippen molar-refractivity contribution in [2.75, 3.05) is 44.3 Å². The molecule has 1 aromatic carbocycles. The van der Waals surface area contributed by atoms with E-state index in [0.29, 0.717) is 32.6 Å². The smallest absolute Gasteiger partial charge is 0.317 e. The van der Waals surface area contributed by atoms with E-state index in [0.717, 1.165) is 68.6 Å². The average Bonchev–Trinajstić information content (AvgIpc) is 3.19. The molecule has 8 nitrogen and oxygen atoms in total. The fourth-order valence-electron chi connectivity index (χ4n) is 9.38. The van der Waals surface area contributed by atoms with E-state index in [1.165, 1.54) is 25.7 Å². The molecule has 3 aliphatic heterocycles. The van der Waals surface area contributed by atoms with Crippen LogP contribution in [0, 0.1) is 17.8 Å². The van der Waals surface area contributed by atoms with Crippen LogP contribution in [0.3, 0.4) is 0 Å². The van der Waals surface area contributed by atoms with E-state index >= 15 is 0 Å². The number of para-hydroxylation sites is 1.